The van der Waals surface area contributed by atoms with E-state index in [1.807, 2.05) is 6.92 Å². The van der Waals surface area contributed by atoms with Crippen LogP contribution >= 0.6 is 11.6 Å². The number of hydrogen-bond acceptors (Lipinski definition) is 4. The quantitative estimate of drug-likeness (QED) is 0.602. The molecule has 0 aliphatic rings. The van der Waals surface area contributed by atoms with Crippen LogP contribution < -0.4 is 14.2 Å². The molecular weight excluding hydrogens is 292 g/mol. The Hall–Kier alpha value is -2.20. The Kier molecular flexibility index (Phi) is 5.46. The first-order chi connectivity index (χ1) is 10.2. The Morgan fingerprint density at radius 1 is 1.00 bits per heavy atom. The van der Waals surface area contributed by atoms with Gasteiger partial charge in [-0.2, -0.15) is 0 Å². The molecule has 0 aliphatic heterocycles. The zero-order valence-corrected chi connectivity index (χ0v) is 12.3. The van der Waals surface area contributed by atoms with E-state index < -0.39 is 5.97 Å². The van der Waals surface area contributed by atoms with Crippen LogP contribution in [0.2, 0.25) is 5.02 Å². The van der Waals surface area contributed by atoms with Gasteiger partial charge in [-0.15, -0.1) is 0 Å². The van der Waals surface area contributed by atoms with Crippen LogP contribution in [0.1, 0.15) is 6.92 Å². The van der Waals surface area contributed by atoms with Crippen molar-refractivity contribution in [2.45, 2.75) is 6.92 Å². The van der Waals surface area contributed by atoms with Gasteiger partial charge in [-0.05, 0) is 49.4 Å². The normalized spacial score (nSPS) is 10.0. The van der Waals surface area contributed by atoms with Crippen molar-refractivity contribution in [1.82, 2.24) is 0 Å². The van der Waals surface area contributed by atoms with E-state index in [0.717, 1.165) is 5.75 Å². The molecule has 21 heavy (non-hydrogen) atoms. The Balaban J connectivity index is 1.83. The molecule has 2 aromatic rings. The molecule has 0 atom stereocenters. The lowest BCUT2D eigenvalue weighted by molar-refractivity contribution is -0.136. The predicted octanol–water partition coefficient (Wildman–Crippen LogP) is 3.72. The van der Waals surface area contributed by atoms with E-state index in [2.05, 4.69) is 0 Å². The van der Waals surface area contributed by atoms with Crippen LogP contribution in [0.15, 0.2) is 48.5 Å². The molecule has 110 valence electrons. The molecule has 0 radical (unpaired) electrons. The highest BCUT2D eigenvalue weighted by Gasteiger charge is 2.06. The van der Waals surface area contributed by atoms with Crippen molar-refractivity contribution in [3.63, 3.8) is 0 Å². The Morgan fingerprint density at radius 2 is 1.67 bits per heavy atom. The summed E-state index contributed by atoms with van der Waals surface area (Å²) in [5, 5.41) is 0.507. The van der Waals surface area contributed by atoms with Crippen LogP contribution in [0, 0.1) is 0 Å². The van der Waals surface area contributed by atoms with Gasteiger partial charge in [-0.1, -0.05) is 17.7 Å². The number of ether oxygens (including phenoxy) is 3. The largest absolute Gasteiger partial charge is 0.494 e. The molecule has 2 rings (SSSR count). The highest BCUT2D eigenvalue weighted by molar-refractivity contribution is 6.30. The summed E-state index contributed by atoms with van der Waals surface area (Å²) in [4.78, 5) is 11.7. The number of hydrogen-bond donors (Lipinski definition) is 0. The molecule has 0 unspecified atom stereocenters. The van der Waals surface area contributed by atoms with Crippen LogP contribution in [0.4, 0.5) is 0 Å². The number of rotatable bonds is 6. The van der Waals surface area contributed by atoms with Crippen molar-refractivity contribution >= 4 is 17.6 Å². The van der Waals surface area contributed by atoms with Crippen molar-refractivity contribution in [2.75, 3.05) is 13.2 Å². The van der Waals surface area contributed by atoms with Gasteiger partial charge in [-0.25, -0.2) is 4.79 Å². The van der Waals surface area contributed by atoms with Gasteiger partial charge in [0, 0.05) is 5.02 Å². The van der Waals surface area contributed by atoms with Crippen LogP contribution in [0.3, 0.4) is 0 Å². The third kappa shape index (κ3) is 5.00. The second-order valence-corrected chi connectivity index (χ2v) is 4.56. The van der Waals surface area contributed by atoms with E-state index in [1.54, 1.807) is 48.5 Å². The number of esters is 1. The predicted molar refractivity (Wildman–Crippen MR) is 80.2 cm³/mol. The molecule has 5 heteroatoms. The van der Waals surface area contributed by atoms with E-state index >= 15 is 0 Å². The molecule has 0 heterocycles. The molecule has 0 saturated heterocycles. The first-order valence-electron chi connectivity index (χ1n) is 6.49. The number of benzene rings is 2. The minimum absolute atomic E-state index is 0.180. The molecule has 0 bridgehead atoms. The van der Waals surface area contributed by atoms with Gasteiger partial charge in [-0.3, -0.25) is 0 Å². The van der Waals surface area contributed by atoms with Crippen LogP contribution in [-0.2, 0) is 4.79 Å². The Labute approximate surface area is 128 Å². The van der Waals surface area contributed by atoms with E-state index in [9.17, 15) is 4.79 Å². The monoisotopic (exact) mass is 306 g/mol. The Bertz CT molecular complexity index is 595. The minimum atomic E-state index is -0.494. The van der Waals surface area contributed by atoms with Crippen molar-refractivity contribution in [3.05, 3.63) is 53.6 Å². The summed E-state index contributed by atoms with van der Waals surface area (Å²) in [6, 6.07) is 13.7. The fraction of sp³-hybridized carbons (Fsp3) is 0.188. The van der Waals surface area contributed by atoms with Gasteiger partial charge in [0.25, 0.3) is 0 Å². The topological polar surface area (TPSA) is 44.8 Å². The molecule has 0 fully saturated rings. The average Bonchev–Trinajstić information content (AvgIpc) is 2.47. The minimum Gasteiger partial charge on any atom is -0.494 e. The van der Waals surface area contributed by atoms with E-state index in [4.69, 9.17) is 25.8 Å². The summed E-state index contributed by atoms with van der Waals surface area (Å²) < 4.78 is 15.8. The van der Waals surface area contributed by atoms with Crippen molar-refractivity contribution in [3.8, 4) is 17.2 Å². The fourth-order valence-corrected chi connectivity index (χ4v) is 1.81. The number of carbonyl (C=O) groups is 1. The van der Waals surface area contributed by atoms with Crippen LogP contribution in [0.5, 0.6) is 17.2 Å². The second-order valence-electron chi connectivity index (χ2n) is 4.12. The van der Waals surface area contributed by atoms with E-state index in [-0.39, 0.29) is 6.61 Å². The van der Waals surface area contributed by atoms with Gasteiger partial charge in [0.1, 0.15) is 17.2 Å². The fourth-order valence-electron chi connectivity index (χ4n) is 1.63. The molecule has 4 nitrogen and oxygen atoms in total. The summed E-state index contributed by atoms with van der Waals surface area (Å²) in [6.45, 7) is 2.34. The third-order valence-electron chi connectivity index (χ3n) is 2.52. The summed E-state index contributed by atoms with van der Waals surface area (Å²) in [6.07, 6.45) is 0. The van der Waals surface area contributed by atoms with Crippen LogP contribution in [-0.4, -0.2) is 19.2 Å². The maximum Gasteiger partial charge on any atom is 0.349 e. The molecular formula is C16H15ClO4. The summed E-state index contributed by atoms with van der Waals surface area (Å²) >= 11 is 5.81. The molecule has 0 spiro atoms. The number of halogens is 1. The lowest BCUT2D eigenvalue weighted by Gasteiger charge is -2.08. The highest BCUT2D eigenvalue weighted by Crippen LogP contribution is 2.19. The average molecular weight is 307 g/mol. The van der Waals surface area contributed by atoms with Crippen molar-refractivity contribution in [2.24, 2.45) is 0 Å². The summed E-state index contributed by atoms with van der Waals surface area (Å²) in [5.41, 5.74) is 0. The lowest BCUT2D eigenvalue weighted by Crippen LogP contribution is -2.17. The van der Waals surface area contributed by atoms with Gasteiger partial charge in [0.05, 0.1) is 6.61 Å². The van der Waals surface area contributed by atoms with Gasteiger partial charge in [0.15, 0.2) is 6.61 Å². The molecule has 0 aromatic heterocycles. The standard InChI is InChI=1S/C16H15ClO4/c1-2-19-13-6-8-14(9-7-13)20-11-16(18)21-15-5-3-4-12(17)10-15/h3-10H,2,11H2,1H3. The number of carbonyl (C=O) groups excluding carboxylic acids is 1. The lowest BCUT2D eigenvalue weighted by atomic mass is 10.3. The van der Waals surface area contributed by atoms with E-state index in [1.165, 1.54) is 0 Å². The smallest absolute Gasteiger partial charge is 0.349 e. The van der Waals surface area contributed by atoms with Crippen molar-refractivity contribution in [1.29, 1.82) is 0 Å². The maximum absolute atomic E-state index is 11.7. The van der Waals surface area contributed by atoms with Gasteiger partial charge < -0.3 is 14.2 Å². The van der Waals surface area contributed by atoms with Gasteiger partial charge >= 0.3 is 5.97 Å². The maximum atomic E-state index is 11.7. The first-order valence-corrected chi connectivity index (χ1v) is 6.87. The van der Waals surface area contributed by atoms with Crippen LogP contribution in [0.25, 0.3) is 0 Å². The van der Waals surface area contributed by atoms with E-state index in [0.29, 0.717) is 23.1 Å². The summed E-state index contributed by atoms with van der Waals surface area (Å²) in [5.74, 6) is 1.22. The second kappa shape index (κ2) is 7.55. The zero-order chi connectivity index (χ0) is 15.1. The van der Waals surface area contributed by atoms with Crippen molar-refractivity contribution < 1.29 is 19.0 Å². The molecule has 0 amide bonds. The molecule has 0 aliphatic carbocycles. The molecule has 0 N–H and O–H groups in total. The van der Waals surface area contributed by atoms with Gasteiger partial charge in [0.2, 0.25) is 0 Å². The summed E-state index contributed by atoms with van der Waals surface area (Å²) in [7, 11) is 0. The first kappa shape index (κ1) is 15.2. The SMILES string of the molecule is CCOc1ccc(OCC(=O)Oc2cccc(Cl)c2)cc1. The molecule has 0 saturated carbocycles. The Morgan fingerprint density at radius 3 is 2.29 bits per heavy atom. The highest BCUT2D eigenvalue weighted by atomic mass is 35.5. The third-order valence-corrected chi connectivity index (χ3v) is 2.75. The molecule has 2 aromatic carbocycles. The zero-order valence-electron chi connectivity index (χ0n) is 11.5.